The van der Waals surface area contributed by atoms with E-state index in [0.717, 1.165) is 18.3 Å². The molecule has 3 nitrogen and oxygen atoms in total. The molecule has 3 rings (SSSR count). The van der Waals surface area contributed by atoms with E-state index < -0.39 is 0 Å². The van der Waals surface area contributed by atoms with Crippen LogP contribution in [0.5, 0.6) is 0 Å². The second kappa shape index (κ2) is 4.81. The molecule has 2 aliphatic rings. The van der Waals surface area contributed by atoms with E-state index in [9.17, 15) is 0 Å². The van der Waals surface area contributed by atoms with Crippen molar-refractivity contribution in [1.29, 1.82) is 0 Å². The standard InChI is InChI=1S/C15H23N3/c1-12-10-17-8-3-2-6-15(17)11-18(12)14-7-4-5-13(16)9-14/h4-5,7,9,12,15H,2-3,6,8,10-11,16H2,1H3. The summed E-state index contributed by atoms with van der Waals surface area (Å²) in [5.74, 6) is 0. The third kappa shape index (κ3) is 2.19. The van der Waals surface area contributed by atoms with Crippen LogP contribution in [0.25, 0.3) is 0 Å². The van der Waals surface area contributed by atoms with Crippen molar-refractivity contribution in [2.24, 2.45) is 0 Å². The van der Waals surface area contributed by atoms with Crippen molar-refractivity contribution < 1.29 is 0 Å². The predicted octanol–water partition coefficient (Wildman–Crippen LogP) is 2.33. The summed E-state index contributed by atoms with van der Waals surface area (Å²) in [6.45, 7) is 5.97. The monoisotopic (exact) mass is 245 g/mol. The third-order valence-corrected chi connectivity index (χ3v) is 4.39. The Balaban J connectivity index is 1.80. The van der Waals surface area contributed by atoms with Crippen LogP contribution < -0.4 is 10.6 Å². The second-order valence-corrected chi connectivity index (χ2v) is 5.74. The van der Waals surface area contributed by atoms with Gasteiger partial charge in [0.05, 0.1) is 0 Å². The fourth-order valence-corrected chi connectivity index (χ4v) is 3.42. The molecule has 2 unspecified atom stereocenters. The summed E-state index contributed by atoms with van der Waals surface area (Å²) < 4.78 is 0. The number of piperidine rings is 1. The molecule has 0 aromatic heterocycles. The molecule has 0 aliphatic carbocycles. The van der Waals surface area contributed by atoms with Crippen LogP contribution in [-0.4, -0.2) is 36.6 Å². The van der Waals surface area contributed by atoms with Gasteiger partial charge in [-0.2, -0.15) is 0 Å². The van der Waals surface area contributed by atoms with Gasteiger partial charge in [-0.1, -0.05) is 12.5 Å². The van der Waals surface area contributed by atoms with Crippen LogP contribution in [0.3, 0.4) is 0 Å². The van der Waals surface area contributed by atoms with Gasteiger partial charge in [0.25, 0.3) is 0 Å². The molecule has 0 radical (unpaired) electrons. The lowest BCUT2D eigenvalue weighted by atomic mass is 9.96. The molecule has 98 valence electrons. The number of piperazine rings is 1. The van der Waals surface area contributed by atoms with E-state index in [-0.39, 0.29) is 0 Å². The van der Waals surface area contributed by atoms with E-state index in [2.05, 4.69) is 34.9 Å². The van der Waals surface area contributed by atoms with Crippen LogP contribution in [0.2, 0.25) is 0 Å². The Morgan fingerprint density at radius 3 is 2.94 bits per heavy atom. The summed E-state index contributed by atoms with van der Waals surface area (Å²) in [6, 6.07) is 9.65. The number of nitrogen functional groups attached to an aromatic ring is 1. The topological polar surface area (TPSA) is 32.5 Å². The predicted molar refractivity (Wildman–Crippen MR) is 76.9 cm³/mol. The highest BCUT2D eigenvalue weighted by atomic mass is 15.3. The lowest BCUT2D eigenvalue weighted by Crippen LogP contribution is -2.58. The first-order chi connectivity index (χ1) is 8.74. The van der Waals surface area contributed by atoms with Crippen LogP contribution in [0, 0.1) is 0 Å². The molecule has 0 bridgehead atoms. The Labute approximate surface area is 110 Å². The molecule has 0 amide bonds. The summed E-state index contributed by atoms with van der Waals surface area (Å²) in [7, 11) is 0. The van der Waals surface area contributed by atoms with Gasteiger partial charge in [-0.25, -0.2) is 0 Å². The number of nitrogens with zero attached hydrogens (tertiary/aromatic N) is 2. The first kappa shape index (κ1) is 11.8. The summed E-state index contributed by atoms with van der Waals surface area (Å²) >= 11 is 0. The fourth-order valence-electron chi connectivity index (χ4n) is 3.42. The Morgan fingerprint density at radius 1 is 1.22 bits per heavy atom. The zero-order valence-electron chi connectivity index (χ0n) is 11.2. The van der Waals surface area contributed by atoms with E-state index in [4.69, 9.17) is 5.73 Å². The lowest BCUT2D eigenvalue weighted by molar-refractivity contribution is 0.115. The van der Waals surface area contributed by atoms with Gasteiger partial charge in [0.15, 0.2) is 0 Å². The molecular weight excluding hydrogens is 222 g/mol. The Morgan fingerprint density at radius 2 is 2.11 bits per heavy atom. The van der Waals surface area contributed by atoms with Crippen LogP contribution >= 0.6 is 0 Å². The van der Waals surface area contributed by atoms with Gasteiger partial charge in [-0.05, 0) is 44.5 Å². The number of hydrogen-bond donors (Lipinski definition) is 1. The summed E-state index contributed by atoms with van der Waals surface area (Å²) in [4.78, 5) is 5.21. The van der Waals surface area contributed by atoms with E-state index in [1.165, 1.54) is 38.0 Å². The molecule has 1 aromatic carbocycles. The van der Waals surface area contributed by atoms with Crippen molar-refractivity contribution in [3.63, 3.8) is 0 Å². The molecule has 1 aromatic rings. The van der Waals surface area contributed by atoms with Crippen LogP contribution in [-0.2, 0) is 0 Å². The minimum absolute atomic E-state index is 0.584. The van der Waals surface area contributed by atoms with Gasteiger partial charge in [-0.3, -0.25) is 4.90 Å². The van der Waals surface area contributed by atoms with Gasteiger partial charge in [0.2, 0.25) is 0 Å². The van der Waals surface area contributed by atoms with Gasteiger partial charge in [0, 0.05) is 36.5 Å². The zero-order chi connectivity index (χ0) is 12.5. The number of fused-ring (bicyclic) bond motifs is 1. The maximum Gasteiger partial charge on any atom is 0.0390 e. The minimum Gasteiger partial charge on any atom is -0.399 e. The summed E-state index contributed by atoms with van der Waals surface area (Å²) in [6.07, 6.45) is 4.12. The van der Waals surface area contributed by atoms with E-state index in [0.29, 0.717) is 6.04 Å². The number of nitrogens with two attached hydrogens (primary N) is 1. The smallest absolute Gasteiger partial charge is 0.0390 e. The SMILES string of the molecule is CC1CN2CCCCC2CN1c1cccc(N)c1. The molecule has 3 heteroatoms. The third-order valence-electron chi connectivity index (χ3n) is 4.39. The maximum atomic E-state index is 5.91. The van der Waals surface area contributed by atoms with Crippen molar-refractivity contribution in [2.45, 2.75) is 38.3 Å². The van der Waals surface area contributed by atoms with Gasteiger partial charge in [0.1, 0.15) is 0 Å². The largest absolute Gasteiger partial charge is 0.399 e. The molecule has 2 atom stereocenters. The Kier molecular flexibility index (Phi) is 3.16. The minimum atomic E-state index is 0.584. The van der Waals surface area contributed by atoms with Crippen molar-refractivity contribution in [3.05, 3.63) is 24.3 Å². The first-order valence-electron chi connectivity index (χ1n) is 7.10. The molecular formula is C15H23N3. The van der Waals surface area contributed by atoms with Gasteiger partial charge >= 0.3 is 0 Å². The summed E-state index contributed by atoms with van der Waals surface area (Å²) in [5.41, 5.74) is 8.06. The van der Waals surface area contributed by atoms with Gasteiger partial charge in [-0.15, -0.1) is 0 Å². The number of hydrogen-bond acceptors (Lipinski definition) is 3. The van der Waals surface area contributed by atoms with Crippen LogP contribution in [0.4, 0.5) is 11.4 Å². The maximum absolute atomic E-state index is 5.91. The summed E-state index contributed by atoms with van der Waals surface area (Å²) in [5, 5.41) is 0. The quantitative estimate of drug-likeness (QED) is 0.771. The number of rotatable bonds is 1. The lowest BCUT2D eigenvalue weighted by Gasteiger charge is -2.48. The second-order valence-electron chi connectivity index (χ2n) is 5.74. The molecule has 18 heavy (non-hydrogen) atoms. The van der Waals surface area contributed by atoms with Crippen molar-refractivity contribution in [1.82, 2.24) is 4.90 Å². The number of benzene rings is 1. The van der Waals surface area contributed by atoms with Crippen LogP contribution in [0.15, 0.2) is 24.3 Å². The van der Waals surface area contributed by atoms with E-state index >= 15 is 0 Å². The average molecular weight is 245 g/mol. The van der Waals surface area contributed by atoms with Crippen LogP contribution in [0.1, 0.15) is 26.2 Å². The highest BCUT2D eigenvalue weighted by Gasteiger charge is 2.32. The molecule has 2 aliphatic heterocycles. The van der Waals surface area contributed by atoms with E-state index in [1.54, 1.807) is 0 Å². The Hall–Kier alpha value is -1.22. The molecule has 0 spiro atoms. The molecule has 0 saturated carbocycles. The van der Waals surface area contributed by atoms with Crippen molar-refractivity contribution in [2.75, 3.05) is 30.3 Å². The fraction of sp³-hybridized carbons (Fsp3) is 0.600. The molecule has 2 fully saturated rings. The molecule has 2 heterocycles. The van der Waals surface area contributed by atoms with Gasteiger partial charge < -0.3 is 10.6 Å². The zero-order valence-corrected chi connectivity index (χ0v) is 11.2. The Bertz CT molecular complexity index is 418. The highest BCUT2D eigenvalue weighted by Crippen LogP contribution is 2.28. The van der Waals surface area contributed by atoms with E-state index in [1.807, 2.05) is 6.07 Å². The van der Waals surface area contributed by atoms with Crippen molar-refractivity contribution in [3.8, 4) is 0 Å². The van der Waals surface area contributed by atoms with Crippen molar-refractivity contribution >= 4 is 11.4 Å². The molecule has 2 saturated heterocycles. The first-order valence-corrected chi connectivity index (χ1v) is 7.10. The molecule has 2 N–H and O–H groups in total. The average Bonchev–Trinajstić information content (AvgIpc) is 2.38. The normalized spacial score (nSPS) is 29.1. The number of anilines is 2. The highest BCUT2D eigenvalue weighted by molar-refractivity contribution is 5.56.